The zero-order valence-corrected chi connectivity index (χ0v) is 15.0. The lowest BCUT2D eigenvalue weighted by atomic mass is 10.2. The van der Waals surface area contributed by atoms with Crippen LogP contribution < -0.4 is 0 Å². The third kappa shape index (κ3) is 3.02. The Morgan fingerprint density at radius 2 is 2.20 bits per heavy atom. The quantitative estimate of drug-likeness (QED) is 0.668. The zero-order chi connectivity index (χ0) is 17.4. The number of aromatic nitrogens is 4. The van der Waals surface area contributed by atoms with Gasteiger partial charge in [0.05, 0.1) is 22.8 Å². The Morgan fingerprint density at radius 3 is 2.96 bits per heavy atom. The van der Waals surface area contributed by atoms with E-state index in [0.29, 0.717) is 16.9 Å². The first-order valence-electron chi connectivity index (χ1n) is 8.27. The fourth-order valence-corrected chi connectivity index (χ4v) is 4.03. The fraction of sp³-hybridized carbons (Fsp3) is 0.412. The van der Waals surface area contributed by atoms with Crippen LogP contribution in [0.25, 0.3) is 11.0 Å². The van der Waals surface area contributed by atoms with E-state index in [9.17, 15) is 4.79 Å². The van der Waals surface area contributed by atoms with Crippen LogP contribution in [0.5, 0.6) is 0 Å². The Labute approximate surface area is 149 Å². The Morgan fingerprint density at radius 1 is 1.36 bits per heavy atom. The van der Waals surface area contributed by atoms with Crippen molar-refractivity contribution in [2.24, 2.45) is 7.05 Å². The molecule has 4 rings (SSSR count). The van der Waals surface area contributed by atoms with Crippen molar-refractivity contribution >= 4 is 28.7 Å². The fourth-order valence-electron chi connectivity index (χ4n) is 3.34. The van der Waals surface area contributed by atoms with Gasteiger partial charge in [-0.05, 0) is 25.0 Å². The normalized spacial score (nSPS) is 17.5. The first-order chi connectivity index (χ1) is 12.1. The van der Waals surface area contributed by atoms with E-state index in [4.69, 9.17) is 9.40 Å². The van der Waals surface area contributed by atoms with Crippen LogP contribution in [0.15, 0.2) is 33.9 Å². The maximum atomic E-state index is 12.7. The van der Waals surface area contributed by atoms with E-state index >= 15 is 0 Å². The number of nitrogens with zero attached hydrogens (tertiary/aromatic N) is 5. The highest BCUT2D eigenvalue weighted by atomic mass is 32.2. The first-order valence-corrected chi connectivity index (χ1v) is 9.26. The van der Waals surface area contributed by atoms with Crippen molar-refractivity contribution in [3.63, 3.8) is 0 Å². The Kier molecular flexibility index (Phi) is 4.20. The molecule has 1 aliphatic rings. The summed E-state index contributed by atoms with van der Waals surface area (Å²) in [5, 5.41) is 8.14. The molecule has 0 spiro atoms. The van der Waals surface area contributed by atoms with Crippen LogP contribution in [-0.2, 0) is 11.8 Å². The van der Waals surface area contributed by atoms with Crippen LogP contribution in [0, 0.1) is 6.92 Å². The molecule has 1 fully saturated rings. The number of likely N-dealkylation sites (tertiary alicyclic amines) is 1. The van der Waals surface area contributed by atoms with Crippen molar-refractivity contribution < 1.29 is 9.21 Å². The molecule has 1 aliphatic heterocycles. The number of fused-ring (bicyclic) bond motifs is 1. The zero-order valence-electron chi connectivity index (χ0n) is 14.2. The van der Waals surface area contributed by atoms with Gasteiger partial charge in [0, 0.05) is 20.5 Å². The van der Waals surface area contributed by atoms with Crippen molar-refractivity contribution in [2.45, 2.75) is 31.0 Å². The van der Waals surface area contributed by atoms with Gasteiger partial charge in [-0.1, -0.05) is 23.9 Å². The minimum Gasteiger partial charge on any atom is -0.416 e. The molecule has 25 heavy (non-hydrogen) atoms. The van der Waals surface area contributed by atoms with Crippen LogP contribution >= 0.6 is 11.8 Å². The predicted octanol–water partition coefficient (Wildman–Crippen LogP) is 2.72. The first kappa shape index (κ1) is 16.1. The molecule has 0 radical (unpaired) electrons. The van der Waals surface area contributed by atoms with Crippen LogP contribution in [0.2, 0.25) is 0 Å². The largest absolute Gasteiger partial charge is 0.416 e. The molecule has 1 amide bonds. The monoisotopic (exact) mass is 357 g/mol. The number of hydrogen-bond acceptors (Lipinski definition) is 6. The molecular formula is C17H19N5O2S. The number of hydrogen-bond donors (Lipinski definition) is 0. The number of rotatable bonds is 4. The molecule has 2 aromatic heterocycles. The molecule has 8 heteroatoms. The van der Waals surface area contributed by atoms with Crippen LogP contribution in [0.1, 0.15) is 30.6 Å². The molecule has 3 heterocycles. The third-order valence-electron chi connectivity index (χ3n) is 4.52. The summed E-state index contributed by atoms with van der Waals surface area (Å²) in [5.74, 6) is 1.83. The predicted molar refractivity (Wildman–Crippen MR) is 94.2 cm³/mol. The topological polar surface area (TPSA) is 77.1 Å². The SMILES string of the molecule is Cc1nnc(SCC(=O)N2CCCC2c2nc3ccccc3n2C)o1. The second kappa shape index (κ2) is 6.51. The van der Waals surface area contributed by atoms with Gasteiger partial charge in [0.15, 0.2) is 0 Å². The summed E-state index contributed by atoms with van der Waals surface area (Å²) >= 11 is 1.28. The average molecular weight is 357 g/mol. The Balaban J connectivity index is 1.53. The van der Waals surface area contributed by atoms with Gasteiger partial charge in [-0.25, -0.2) is 4.98 Å². The second-order valence-corrected chi connectivity index (χ2v) is 7.07. The van der Waals surface area contributed by atoms with Crippen LogP contribution in [-0.4, -0.2) is 42.9 Å². The van der Waals surface area contributed by atoms with Crippen molar-refractivity contribution in [2.75, 3.05) is 12.3 Å². The van der Waals surface area contributed by atoms with Gasteiger partial charge >= 0.3 is 0 Å². The van der Waals surface area contributed by atoms with E-state index in [2.05, 4.69) is 20.8 Å². The minimum atomic E-state index is 0.0231. The lowest BCUT2D eigenvalue weighted by Crippen LogP contribution is -2.33. The summed E-state index contributed by atoms with van der Waals surface area (Å²) in [6.07, 6.45) is 1.93. The van der Waals surface area contributed by atoms with Gasteiger partial charge in [0.2, 0.25) is 11.8 Å². The summed E-state index contributed by atoms with van der Waals surface area (Å²) in [5.41, 5.74) is 2.06. The van der Waals surface area contributed by atoms with E-state index in [0.717, 1.165) is 36.2 Å². The molecule has 0 aliphatic carbocycles. The van der Waals surface area contributed by atoms with E-state index in [1.165, 1.54) is 11.8 Å². The summed E-state index contributed by atoms with van der Waals surface area (Å²) in [4.78, 5) is 19.4. The summed E-state index contributed by atoms with van der Waals surface area (Å²) < 4.78 is 7.42. The Bertz CT molecular complexity index is 919. The second-order valence-electron chi connectivity index (χ2n) is 6.14. The summed E-state index contributed by atoms with van der Waals surface area (Å²) in [6, 6.07) is 8.08. The molecule has 0 saturated carbocycles. The van der Waals surface area contributed by atoms with Gasteiger partial charge in [-0.3, -0.25) is 4.79 Å². The number of thioether (sulfide) groups is 1. The number of carbonyl (C=O) groups excluding carboxylic acids is 1. The minimum absolute atomic E-state index is 0.0231. The molecule has 1 aromatic carbocycles. The molecule has 1 unspecified atom stereocenters. The maximum Gasteiger partial charge on any atom is 0.277 e. The lowest BCUT2D eigenvalue weighted by molar-refractivity contribution is -0.129. The lowest BCUT2D eigenvalue weighted by Gasteiger charge is -2.24. The standard InChI is InChI=1S/C17H19N5O2S/c1-11-19-20-17(24-11)25-10-15(23)22-9-5-8-14(22)16-18-12-6-3-4-7-13(12)21(16)2/h3-4,6-7,14H,5,8-10H2,1-2H3. The molecular weight excluding hydrogens is 338 g/mol. The number of carbonyl (C=O) groups is 1. The summed E-state index contributed by atoms with van der Waals surface area (Å²) in [7, 11) is 2.02. The molecule has 1 atom stereocenters. The highest BCUT2D eigenvalue weighted by Crippen LogP contribution is 2.33. The third-order valence-corrected chi connectivity index (χ3v) is 5.32. The molecule has 0 bridgehead atoms. The molecule has 130 valence electrons. The molecule has 7 nitrogen and oxygen atoms in total. The average Bonchev–Trinajstić information content (AvgIpc) is 3.32. The number of aryl methyl sites for hydroxylation is 2. The maximum absolute atomic E-state index is 12.7. The highest BCUT2D eigenvalue weighted by molar-refractivity contribution is 7.99. The number of benzene rings is 1. The van der Waals surface area contributed by atoms with E-state index in [1.807, 2.05) is 30.1 Å². The van der Waals surface area contributed by atoms with Gasteiger partial charge in [0.1, 0.15) is 5.82 Å². The van der Waals surface area contributed by atoms with Gasteiger partial charge in [-0.2, -0.15) is 0 Å². The van der Waals surface area contributed by atoms with Crippen LogP contribution in [0.3, 0.4) is 0 Å². The molecule has 0 N–H and O–H groups in total. The van der Waals surface area contributed by atoms with E-state index < -0.39 is 0 Å². The van der Waals surface area contributed by atoms with Crippen molar-refractivity contribution in [1.29, 1.82) is 0 Å². The summed E-state index contributed by atoms with van der Waals surface area (Å²) in [6.45, 7) is 2.50. The molecule has 3 aromatic rings. The van der Waals surface area contributed by atoms with Crippen molar-refractivity contribution in [3.05, 3.63) is 36.0 Å². The molecule has 1 saturated heterocycles. The van der Waals surface area contributed by atoms with E-state index in [-0.39, 0.29) is 11.9 Å². The number of amides is 1. The van der Waals surface area contributed by atoms with Crippen molar-refractivity contribution in [3.8, 4) is 0 Å². The van der Waals surface area contributed by atoms with Crippen molar-refractivity contribution in [1.82, 2.24) is 24.6 Å². The highest BCUT2D eigenvalue weighted by Gasteiger charge is 2.33. The smallest absolute Gasteiger partial charge is 0.277 e. The van der Waals surface area contributed by atoms with E-state index in [1.54, 1.807) is 6.92 Å². The number of imidazole rings is 1. The number of para-hydroxylation sites is 2. The van der Waals surface area contributed by atoms with Gasteiger partial charge in [-0.15, -0.1) is 10.2 Å². The van der Waals surface area contributed by atoms with Gasteiger partial charge in [0.25, 0.3) is 5.22 Å². The van der Waals surface area contributed by atoms with Gasteiger partial charge < -0.3 is 13.9 Å². The Hall–Kier alpha value is -2.35. The van der Waals surface area contributed by atoms with Crippen LogP contribution in [0.4, 0.5) is 0 Å².